The van der Waals surface area contributed by atoms with Crippen molar-refractivity contribution in [2.75, 3.05) is 0 Å². The molecule has 3 aromatic rings. The summed E-state index contributed by atoms with van der Waals surface area (Å²) in [5.74, 6) is 0.00986. The van der Waals surface area contributed by atoms with Crippen molar-refractivity contribution in [3.63, 3.8) is 0 Å². The van der Waals surface area contributed by atoms with Gasteiger partial charge < -0.3 is 9.30 Å². The molecule has 0 saturated heterocycles. The predicted molar refractivity (Wildman–Crippen MR) is 86.6 cm³/mol. The van der Waals surface area contributed by atoms with Gasteiger partial charge >= 0.3 is 0 Å². The molecule has 3 rings (SSSR count). The highest BCUT2D eigenvalue weighted by atomic mass is 16.2. The number of rotatable bonds is 4. The number of imidazole rings is 1. The van der Waals surface area contributed by atoms with E-state index in [1.54, 1.807) is 6.20 Å². The van der Waals surface area contributed by atoms with E-state index in [0.29, 0.717) is 17.8 Å². The standard InChI is InChI=1S/C18H19N3O/c1-14(2)21(13-15-7-4-3-5-8-15)18(22)16-9-6-11-20-12-10-19-17(16)20/h3-12,14H,13H2,1-2H3. The van der Waals surface area contributed by atoms with E-state index in [2.05, 4.69) is 4.98 Å². The van der Waals surface area contributed by atoms with Gasteiger partial charge in [0.05, 0.1) is 5.56 Å². The zero-order valence-corrected chi connectivity index (χ0v) is 12.8. The molecule has 0 aliphatic rings. The Labute approximate surface area is 130 Å². The highest BCUT2D eigenvalue weighted by Crippen LogP contribution is 2.16. The number of hydrogen-bond acceptors (Lipinski definition) is 2. The molecule has 1 amide bonds. The number of aromatic nitrogens is 2. The van der Waals surface area contributed by atoms with Crippen molar-refractivity contribution in [1.29, 1.82) is 0 Å². The third-order valence-corrected chi connectivity index (χ3v) is 3.73. The molecule has 0 aliphatic heterocycles. The fourth-order valence-corrected chi connectivity index (χ4v) is 2.54. The van der Waals surface area contributed by atoms with Gasteiger partial charge in [-0.25, -0.2) is 4.98 Å². The van der Waals surface area contributed by atoms with Gasteiger partial charge in [-0.15, -0.1) is 0 Å². The number of amides is 1. The number of carbonyl (C=O) groups excluding carboxylic acids is 1. The second kappa shape index (κ2) is 6.02. The summed E-state index contributed by atoms with van der Waals surface area (Å²) in [5, 5.41) is 0. The normalized spacial score (nSPS) is 11.0. The smallest absolute Gasteiger partial charge is 0.258 e. The number of pyridine rings is 1. The minimum absolute atomic E-state index is 0.00986. The third-order valence-electron chi connectivity index (χ3n) is 3.73. The Morgan fingerprint density at radius 3 is 2.64 bits per heavy atom. The summed E-state index contributed by atoms with van der Waals surface area (Å²) in [6.07, 6.45) is 5.46. The zero-order valence-electron chi connectivity index (χ0n) is 12.8. The number of fused-ring (bicyclic) bond motifs is 1. The quantitative estimate of drug-likeness (QED) is 0.739. The first-order valence-corrected chi connectivity index (χ1v) is 7.43. The van der Waals surface area contributed by atoms with Gasteiger partial charge in [0.2, 0.25) is 0 Å². The molecule has 0 radical (unpaired) electrons. The highest BCUT2D eigenvalue weighted by Gasteiger charge is 2.21. The summed E-state index contributed by atoms with van der Waals surface area (Å²) in [5.41, 5.74) is 2.46. The van der Waals surface area contributed by atoms with Crippen LogP contribution < -0.4 is 0 Å². The van der Waals surface area contributed by atoms with Crippen molar-refractivity contribution in [3.05, 3.63) is 72.2 Å². The van der Waals surface area contributed by atoms with E-state index in [9.17, 15) is 4.79 Å². The van der Waals surface area contributed by atoms with Gasteiger partial charge in [-0.3, -0.25) is 4.79 Å². The van der Waals surface area contributed by atoms with Crippen molar-refractivity contribution in [2.24, 2.45) is 0 Å². The lowest BCUT2D eigenvalue weighted by molar-refractivity contribution is 0.0692. The van der Waals surface area contributed by atoms with Crippen molar-refractivity contribution < 1.29 is 4.79 Å². The Morgan fingerprint density at radius 2 is 1.91 bits per heavy atom. The molecule has 0 atom stereocenters. The van der Waals surface area contributed by atoms with Gasteiger partial charge in [0, 0.05) is 31.2 Å². The van der Waals surface area contributed by atoms with E-state index in [0.717, 1.165) is 5.56 Å². The van der Waals surface area contributed by atoms with Gasteiger partial charge in [-0.1, -0.05) is 30.3 Å². The van der Waals surface area contributed by atoms with Crippen LogP contribution in [0.15, 0.2) is 61.1 Å². The molecule has 0 fully saturated rings. The van der Waals surface area contributed by atoms with E-state index < -0.39 is 0 Å². The fraction of sp³-hybridized carbons (Fsp3) is 0.222. The topological polar surface area (TPSA) is 37.6 Å². The molecule has 0 aliphatic carbocycles. The molecule has 22 heavy (non-hydrogen) atoms. The number of benzene rings is 1. The molecular formula is C18H19N3O. The first kappa shape index (κ1) is 14.3. The van der Waals surface area contributed by atoms with Crippen LogP contribution in [-0.4, -0.2) is 26.2 Å². The predicted octanol–water partition coefficient (Wildman–Crippen LogP) is 3.39. The van der Waals surface area contributed by atoms with Crippen LogP contribution in [-0.2, 0) is 6.54 Å². The van der Waals surface area contributed by atoms with E-state index in [1.807, 2.05) is 78.0 Å². The summed E-state index contributed by atoms with van der Waals surface area (Å²) in [4.78, 5) is 19.2. The number of carbonyl (C=O) groups is 1. The van der Waals surface area contributed by atoms with Gasteiger partial charge in [0.15, 0.2) is 0 Å². The monoisotopic (exact) mass is 293 g/mol. The number of hydrogen-bond donors (Lipinski definition) is 0. The van der Waals surface area contributed by atoms with Gasteiger partial charge in [-0.05, 0) is 31.5 Å². The van der Waals surface area contributed by atoms with E-state index in [-0.39, 0.29) is 11.9 Å². The van der Waals surface area contributed by atoms with Gasteiger partial charge in [0.1, 0.15) is 5.65 Å². The molecule has 1 aromatic carbocycles. The van der Waals surface area contributed by atoms with Crippen molar-refractivity contribution in [3.8, 4) is 0 Å². The Bertz CT molecular complexity index is 777. The summed E-state index contributed by atoms with van der Waals surface area (Å²) in [6.45, 7) is 4.66. The Hall–Kier alpha value is -2.62. The van der Waals surface area contributed by atoms with Crippen LogP contribution in [0.5, 0.6) is 0 Å². The molecule has 112 valence electrons. The van der Waals surface area contributed by atoms with Crippen molar-refractivity contribution >= 4 is 11.6 Å². The second-order valence-corrected chi connectivity index (χ2v) is 5.59. The fourth-order valence-electron chi connectivity index (χ4n) is 2.54. The van der Waals surface area contributed by atoms with Crippen LogP contribution in [0.4, 0.5) is 0 Å². The largest absolute Gasteiger partial charge is 0.332 e. The molecule has 0 spiro atoms. The maximum Gasteiger partial charge on any atom is 0.258 e. The highest BCUT2D eigenvalue weighted by molar-refractivity contribution is 5.99. The van der Waals surface area contributed by atoms with E-state index in [4.69, 9.17) is 0 Å². The Balaban J connectivity index is 1.95. The molecule has 4 nitrogen and oxygen atoms in total. The van der Waals surface area contributed by atoms with Crippen LogP contribution >= 0.6 is 0 Å². The van der Waals surface area contributed by atoms with Crippen LogP contribution in [0.1, 0.15) is 29.8 Å². The van der Waals surface area contributed by atoms with Gasteiger partial charge in [-0.2, -0.15) is 0 Å². The lowest BCUT2D eigenvalue weighted by Crippen LogP contribution is -2.36. The van der Waals surface area contributed by atoms with E-state index >= 15 is 0 Å². The van der Waals surface area contributed by atoms with Crippen molar-refractivity contribution in [2.45, 2.75) is 26.4 Å². The van der Waals surface area contributed by atoms with Gasteiger partial charge in [0.25, 0.3) is 5.91 Å². The van der Waals surface area contributed by atoms with Crippen LogP contribution in [0.2, 0.25) is 0 Å². The first-order chi connectivity index (χ1) is 10.7. The molecule has 0 bridgehead atoms. The minimum atomic E-state index is 0.00986. The summed E-state index contributed by atoms with van der Waals surface area (Å²) in [6, 6.07) is 13.9. The minimum Gasteiger partial charge on any atom is -0.332 e. The average Bonchev–Trinajstić information content (AvgIpc) is 3.01. The number of nitrogens with zero attached hydrogens (tertiary/aromatic N) is 3. The van der Waals surface area contributed by atoms with Crippen molar-refractivity contribution in [1.82, 2.24) is 14.3 Å². The first-order valence-electron chi connectivity index (χ1n) is 7.43. The van der Waals surface area contributed by atoms with Crippen LogP contribution in [0.25, 0.3) is 5.65 Å². The summed E-state index contributed by atoms with van der Waals surface area (Å²) >= 11 is 0. The Morgan fingerprint density at radius 1 is 1.14 bits per heavy atom. The zero-order chi connectivity index (χ0) is 15.5. The molecule has 2 aromatic heterocycles. The van der Waals surface area contributed by atoms with E-state index in [1.165, 1.54) is 0 Å². The summed E-state index contributed by atoms with van der Waals surface area (Å²) in [7, 11) is 0. The lowest BCUT2D eigenvalue weighted by atomic mass is 10.1. The van der Waals surface area contributed by atoms with Crippen LogP contribution in [0.3, 0.4) is 0 Å². The molecule has 0 unspecified atom stereocenters. The molecule has 0 N–H and O–H groups in total. The molecular weight excluding hydrogens is 274 g/mol. The second-order valence-electron chi connectivity index (χ2n) is 5.59. The third kappa shape index (κ3) is 2.72. The Kier molecular flexibility index (Phi) is 3.92. The van der Waals surface area contributed by atoms with Crippen LogP contribution in [0, 0.1) is 0 Å². The maximum absolute atomic E-state index is 13.0. The maximum atomic E-state index is 13.0. The SMILES string of the molecule is CC(C)N(Cc1ccccc1)C(=O)c1cccn2ccnc12. The summed E-state index contributed by atoms with van der Waals surface area (Å²) < 4.78 is 1.87. The molecule has 0 saturated carbocycles. The lowest BCUT2D eigenvalue weighted by Gasteiger charge is -2.27. The average molecular weight is 293 g/mol. The molecule has 4 heteroatoms. The molecule has 2 heterocycles.